The maximum atomic E-state index is 12.6. The number of amides is 1. The second-order valence-corrected chi connectivity index (χ2v) is 6.59. The zero-order valence-corrected chi connectivity index (χ0v) is 14.7. The van der Waals surface area contributed by atoms with Crippen molar-refractivity contribution in [2.75, 3.05) is 13.2 Å². The molecule has 0 aliphatic carbocycles. The van der Waals surface area contributed by atoms with Crippen LogP contribution in [0.2, 0.25) is 0 Å². The molecule has 1 saturated heterocycles. The van der Waals surface area contributed by atoms with Gasteiger partial charge < -0.3 is 14.6 Å². The average molecular weight is 345 g/mol. The second-order valence-electron chi connectivity index (χ2n) is 6.59. The fourth-order valence-corrected chi connectivity index (χ4v) is 2.76. The largest absolute Gasteiger partial charge is 0.381 e. The molecule has 3 rings (SSSR count). The molecule has 1 aliphatic rings. The molecule has 8 nitrogen and oxygen atoms in total. The number of carbonyl (C=O) groups excluding carboxylic acids is 1. The molecule has 1 aliphatic heterocycles. The van der Waals surface area contributed by atoms with Gasteiger partial charge in [0, 0.05) is 25.3 Å². The van der Waals surface area contributed by atoms with E-state index < -0.39 is 0 Å². The fraction of sp³-hybridized carbons (Fsp3) is 0.588. The van der Waals surface area contributed by atoms with Crippen LogP contribution >= 0.6 is 0 Å². The highest BCUT2D eigenvalue weighted by Crippen LogP contribution is 2.30. The summed E-state index contributed by atoms with van der Waals surface area (Å²) in [5.74, 6) is 1.11. The minimum absolute atomic E-state index is 0.159. The lowest BCUT2D eigenvalue weighted by Crippen LogP contribution is -2.36. The van der Waals surface area contributed by atoms with Gasteiger partial charge in [-0.3, -0.25) is 9.78 Å². The molecule has 1 fully saturated rings. The highest BCUT2D eigenvalue weighted by molar-refractivity contribution is 5.92. The number of hydrogen-bond acceptors (Lipinski definition) is 7. The minimum atomic E-state index is -0.362. The van der Waals surface area contributed by atoms with Crippen LogP contribution in [-0.2, 0) is 4.74 Å². The lowest BCUT2D eigenvalue weighted by molar-refractivity contribution is 0.0467. The van der Waals surface area contributed by atoms with Gasteiger partial charge in [0.15, 0.2) is 5.82 Å². The molecule has 8 heteroatoms. The summed E-state index contributed by atoms with van der Waals surface area (Å²) in [6.45, 7) is 7.14. The van der Waals surface area contributed by atoms with E-state index in [2.05, 4.69) is 25.4 Å². The smallest absolute Gasteiger partial charge is 0.272 e. The first-order chi connectivity index (χ1) is 12.0. The monoisotopic (exact) mass is 345 g/mol. The summed E-state index contributed by atoms with van der Waals surface area (Å²) < 4.78 is 10.9. The van der Waals surface area contributed by atoms with Gasteiger partial charge in [-0.2, -0.15) is 4.98 Å². The van der Waals surface area contributed by atoms with Crippen LogP contribution in [0, 0.1) is 12.8 Å². The maximum absolute atomic E-state index is 12.6. The van der Waals surface area contributed by atoms with Crippen LogP contribution < -0.4 is 5.32 Å². The Morgan fingerprint density at radius 1 is 1.24 bits per heavy atom. The van der Waals surface area contributed by atoms with Crippen LogP contribution in [0.3, 0.4) is 0 Å². The standard InChI is InChI=1S/C17H23N5O3/c1-10(2)15-21-17(25-22-15)14(12-4-6-24-7-5-12)20-16(23)13-9-18-11(3)8-19-13/h8-10,12,14H,4-7H2,1-3H3,(H,20,23)/t14-/m0/s1. The first-order valence-corrected chi connectivity index (χ1v) is 8.55. The Morgan fingerprint density at radius 3 is 2.60 bits per heavy atom. The molecule has 2 aromatic heterocycles. The van der Waals surface area contributed by atoms with Gasteiger partial charge in [-0.15, -0.1) is 0 Å². The van der Waals surface area contributed by atoms with Gasteiger partial charge in [-0.1, -0.05) is 19.0 Å². The second kappa shape index (κ2) is 7.69. The zero-order valence-electron chi connectivity index (χ0n) is 14.7. The van der Waals surface area contributed by atoms with Gasteiger partial charge in [-0.25, -0.2) is 4.98 Å². The minimum Gasteiger partial charge on any atom is -0.381 e. The zero-order chi connectivity index (χ0) is 17.8. The topological polar surface area (TPSA) is 103 Å². The normalized spacial score (nSPS) is 16.8. The highest BCUT2D eigenvalue weighted by Gasteiger charge is 2.32. The average Bonchev–Trinajstić information content (AvgIpc) is 3.11. The number of hydrogen-bond donors (Lipinski definition) is 1. The third kappa shape index (κ3) is 4.19. The van der Waals surface area contributed by atoms with Crippen molar-refractivity contribution in [1.82, 2.24) is 25.4 Å². The van der Waals surface area contributed by atoms with Crippen LogP contribution in [0.1, 0.15) is 66.5 Å². The van der Waals surface area contributed by atoms with Gasteiger partial charge in [0.2, 0.25) is 5.89 Å². The number of nitrogens with zero attached hydrogens (tertiary/aromatic N) is 4. The number of carbonyl (C=O) groups is 1. The van der Waals surface area contributed by atoms with E-state index in [1.54, 1.807) is 6.20 Å². The molecule has 1 amide bonds. The summed E-state index contributed by atoms with van der Waals surface area (Å²) >= 11 is 0. The number of nitrogens with one attached hydrogen (secondary N) is 1. The molecular weight excluding hydrogens is 322 g/mol. The summed E-state index contributed by atoms with van der Waals surface area (Å²) in [6.07, 6.45) is 4.69. The molecule has 0 radical (unpaired) electrons. The van der Waals surface area contributed by atoms with Gasteiger partial charge in [0.05, 0.1) is 11.9 Å². The van der Waals surface area contributed by atoms with E-state index in [1.165, 1.54) is 6.20 Å². The van der Waals surface area contributed by atoms with Crippen LogP contribution in [0.5, 0.6) is 0 Å². The van der Waals surface area contributed by atoms with E-state index in [1.807, 2.05) is 20.8 Å². The summed E-state index contributed by atoms with van der Waals surface area (Å²) in [7, 11) is 0. The Morgan fingerprint density at radius 2 is 2.00 bits per heavy atom. The Kier molecular flexibility index (Phi) is 5.37. The van der Waals surface area contributed by atoms with Crippen molar-refractivity contribution in [2.45, 2.75) is 45.6 Å². The molecule has 25 heavy (non-hydrogen) atoms. The quantitative estimate of drug-likeness (QED) is 0.886. The predicted octanol–water partition coefficient (Wildman–Crippen LogP) is 2.19. The number of aryl methyl sites for hydroxylation is 1. The fourth-order valence-electron chi connectivity index (χ4n) is 2.76. The SMILES string of the molecule is Cc1cnc(C(=O)N[C@H](c2nc(C(C)C)no2)C2CCOCC2)cn1. The van der Waals surface area contributed by atoms with Crippen molar-refractivity contribution in [3.63, 3.8) is 0 Å². The van der Waals surface area contributed by atoms with Crippen molar-refractivity contribution < 1.29 is 14.1 Å². The lowest BCUT2D eigenvalue weighted by atomic mass is 9.91. The summed E-state index contributed by atoms with van der Waals surface area (Å²) in [5, 5.41) is 7.02. The van der Waals surface area contributed by atoms with Gasteiger partial charge >= 0.3 is 0 Å². The molecule has 0 spiro atoms. The van der Waals surface area contributed by atoms with Crippen molar-refractivity contribution in [3.8, 4) is 0 Å². The van der Waals surface area contributed by atoms with Crippen molar-refractivity contribution in [1.29, 1.82) is 0 Å². The maximum Gasteiger partial charge on any atom is 0.272 e. The Labute approximate surface area is 146 Å². The van der Waals surface area contributed by atoms with E-state index >= 15 is 0 Å². The first-order valence-electron chi connectivity index (χ1n) is 8.55. The summed E-state index contributed by atoms with van der Waals surface area (Å²) in [5.41, 5.74) is 1.03. The molecule has 3 heterocycles. The van der Waals surface area contributed by atoms with E-state index in [0.29, 0.717) is 24.9 Å². The lowest BCUT2D eigenvalue weighted by Gasteiger charge is -2.28. The molecule has 0 saturated carbocycles. The van der Waals surface area contributed by atoms with Crippen LogP contribution in [0.15, 0.2) is 16.9 Å². The van der Waals surface area contributed by atoms with E-state index in [4.69, 9.17) is 9.26 Å². The number of rotatable bonds is 5. The molecular formula is C17H23N5O3. The highest BCUT2D eigenvalue weighted by atomic mass is 16.5. The van der Waals surface area contributed by atoms with E-state index in [-0.39, 0.29) is 29.5 Å². The van der Waals surface area contributed by atoms with Crippen molar-refractivity contribution in [2.24, 2.45) is 5.92 Å². The molecule has 0 unspecified atom stereocenters. The Hall–Kier alpha value is -2.35. The molecule has 1 N–H and O–H groups in total. The molecule has 2 aromatic rings. The Balaban J connectivity index is 1.82. The Bertz CT molecular complexity index is 707. The van der Waals surface area contributed by atoms with Crippen molar-refractivity contribution in [3.05, 3.63) is 35.5 Å². The molecule has 0 bridgehead atoms. The summed E-state index contributed by atoms with van der Waals surface area (Å²) in [6, 6.07) is -0.362. The van der Waals surface area contributed by atoms with E-state index in [0.717, 1.165) is 18.5 Å². The third-order valence-electron chi connectivity index (χ3n) is 4.28. The van der Waals surface area contributed by atoms with Gasteiger partial charge in [-0.05, 0) is 25.7 Å². The molecule has 1 atom stereocenters. The summed E-state index contributed by atoms with van der Waals surface area (Å²) in [4.78, 5) is 25.3. The third-order valence-corrected chi connectivity index (χ3v) is 4.28. The number of aromatic nitrogens is 4. The first kappa shape index (κ1) is 17.5. The van der Waals surface area contributed by atoms with Crippen molar-refractivity contribution >= 4 is 5.91 Å². The van der Waals surface area contributed by atoms with Crippen LogP contribution in [0.4, 0.5) is 0 Å². The molecule has 134 valence electrons. The predicted molar refractivity (Wildman–Crippen MR) is 88.9 cm³/mol. The van der Waals surface area contributed by atoms with Gasteiger partial charge in [0.1, 0.15) is 11.7 Å². The number of ether oxygens (including phenoxy) is 1. The van der Waals surface area contributed by atoms with Gasteiger partial charge in [0.25, 0.3) is 5.91 Å². The van der Waals surface area contributed by atoms with E-state index in [9.17, 15) is 4.79 Å². The van der Waals surface area contributed by atoms with Crippen LogP contribution in [0.25, 0.3) is 0 Å². The van der Waals surface area contributed by atoms with Crippen LogP contribution in [-0.4, -0.2) is 39.2 Å². The molecule has 0 aromatic carbocycles.